The van der Waals surface area contributed by atoms with Crippen molar-refractivity contribution in [2.45, 2.75) is 20.5 Å². The van der Waals surface area contributed by atoms with E-state index in [2.05, 4.69) is 0 Å². The topological polar surface area (TPSA) is 103 Å². The first kappa shape index (κ1) is 14.6. The number of carbonyl (C=O) groups excluding carboxylic acids is 2. The zero-order valence-electron chi connectivity index (χ0n) is 11.5. The number of aryl methyl sites for hydroxylation is 2. The van der Waals surface area contributed by atoms with Gasteiger partial charge in [0.15, 0.2) is 0 Å². The van der Waals surface area contributed by atoms with E-state index in [9.17, 15) is 19.8 Å². The summed E-state index contributed by atoms with van der Waals surface area (Å²) in [6.45, 7) is 3.16. The van der Waals surface area contributed by atoms with Crippen LogP contribution < -0.4 is 14.9 Å². The van der Waals surface area contributed by atoms with Crippen molar-refractivity contribution in [2.24, 2.45) is 0 Å². The van der Waals surface area contributed by atoms with Gasteiger partial charge in [-0.2, -0.15) is 0 Å². The zero-order valence-corrected chi connectivity index (χ0v) is 11.5. The summed E-state index contributed by atoms with van der Waals surface area (Å²) in [5.41, 5.74) is 0.420. The predicted octanol–water partition coefficient (Wildman–Crippen LogP) is 0.202. The van der Waals surface area contributed by atoms with Crippen molar-refractivity contribution in [3.63, 3.8) is 0 Å². The maximum absolute atomic E-state index is 11.1. The van der Waals surface area contributed by atoms with Crippen molar-refractivity contribution in [1.29, 1.82) is 0 Å². The third-order valence-electron chi connectivity index (χ3n) is 3.06. The lowest BCUT2D eigenvalue weighted by molar-refractivity contribution is -0.256. The smallest absolute Gasteiger partial charge is 0.119 e. The number of furan rings is 1. The molecule has 0 aliphatic heterocycles. The van der Waals surface area contributed by atoms with Gasteiger partial charge in [-0.25, -0.2) is 0 Å². The fourth-order valence-corrected chi connectivity index (χ4v) is 2.01. The van der Waals surface area contributed by atoms with Gasteiger partial charge in [-0.05, 0) is 43.7 Å². The normalized spacial score (nSPS) is 10.4. The Kier molecular flexibility index (Phi) is 3.98. The van der Waals surface area contributed by atoms with Crippen LogP contribution in [0.4, 0.5) is 0 Å². The van der Waals surface area contributed by atoms with E-state index < -0.39 is 11.9 Å². The highest BCUT2D eigenvalue weighted by molar-refractivity contribution is 5.89. The van der Waals surface area contributed by atoms with Gasteiger partial charge in [0.1, 0.15) is 23.9 Å². The van der Waals surface area contributed by atoms with Gasteiger partial charge in [0.25, 0.3) is 0 Å². The minimum absolute atomic E-state index is 0.0149. The van der Waals surface area contributed by atoms with Crippen molar-refractivity contribution in [3.05, 3.63) is 52.5 Å². The predicted molar refractivity (Wildman–Crippen MR) is 67.6 cm³/mol. The molecule has 1 aromatic heterocycles. The van der Waals surface area contributed by atoms with Crippen LogP contribution in [-0.2, 0) is 6.61 Å². The van der Waals surface area contributed by atoms with Gasteiger partial charge in [-0.1, -0.05) is 0 Å². The van der Waals surface area contributed by atoms with Crippen LogP contribution in [0.1, 0.15) is 37.8 Å². The number of carbonyl (C=O) groups is 2. The Morgan fingerprint density at radius 1 is 1.05 bits per heavy atom. The maximum atomic E-state index is 11.1. The molecule has 2 rings (SSSR count). The van der Waals surface area contributed by atoms with Crippen LogP contribution in [0.15, 0.2) is 28.7 Å². The lowest BCUT2D eigenvalue weighted by Crippen LogP contribution is -2.24. The van der Waals surface area contributed by atoms with Crippen LogP contribution in [0, 0.1) is 13.8 Å². The second-order valence-electron chi connectivity index (χ2n) is 4.46. The molecule has 1 heterocycles. The van der Waals surface area contributed by atoms with E-state index in [0.717, 1.165) is 0 Å². The number of aromatic carboxylic acids is 2. The molecule has 0 atom stereocenters. The van der Waals surface area contributed by atoms with Crippen molar-refractivity contribution in [1.82, 2.24) is 0 Å². The first-order valence-electron chi connectivity index (χ1n) is 6.14. The number of benzene rings is 1. The second kappa shape index (κ2) is 5.70. The first-order valence-corrected chi connectivity index (χ1v) is 6.14. The van der Waals surface area contributed by atoms with Gasteiger partial charge >= 0.3 is 0 Å². The van der Waals surface area contributed by atoms with Gasteiger partial charge in [0.2, 0.25) is 0 Å². The van der Waals surface area contributed by atoms with Crippen molar-refractivity contribution < 1.29 is 29.0 Å². The SMILES string of the molecule is Cc1oc(C)c(C(=O)[O-])c1COc1ccc(C(=O)[O-])cc1. The molecule has 1 aromatic carbocycles. The molecule has 6 nitrogen and oxygen atoms in total. The van der Waals surface area contributed by atoms with Gasteiger partial charge in [-0.3, -0.25) is 0 Å². The molecule has 0 radical (unpaired) electrons. The molecule has 0 aliphatic carbocycles. The van der Waals surface area contributed by atoms with Gasteiger partial charge in [-0.15, -0.1) is 0 Å². The van der Waals surface area contributed by atoms with Crippen LogP contribution in [0.3, 0.4) is 0 Å². The fraction of sp³-hybridized carbons (Fsp3) is 0.200. The summed E-state index contributed by atoms with van der Waals surface area (Å²) in [5.74, 6) is -1.49. The third kappa shape index (κ3) is 3.05. The molecule has 6 heteroatoms. The highest BCUT2D eigenvalue weighted by Gasteiger charge is 2.16. The van der Waals surface area contributed by atoms with Crippen LogP contribution in [0.5, 0.6) is 5.75 Å². The Hall–Kier alpha value is -2.76. The number of hydrogen-bond acceptors (Lipinski definition) is 6. The van der Waals surface area contributed by atoms with Crippen LogP contribution in [0.2, 0.25) is 0 Å². The van der Waals surface area contributed by atoms with E-state index in [0.29, 0.717) is 17.1 Å². The molecule has 0 amide bonds. The Bertz CT molecular complexity index is 681. The Balaban J connectivity index is 2.16. The molecule has 0 bridgehead atoms. The molecular weight excluding hydrogens is 276 g/mol. The number of ether oxygens (including phenoxy) is 1. The average molecular weight is 288 g/mol. The molecule has 110 valence electrons. The van der Waals surface area contributed by atoms with Crippen LogP contribution in [-0.4, -0.2) is 11.9 Å². The molecule has 0 unspecified atom stereocenters. The first-order chi connectivity index (χ1) is 9.90. The summed E-state index contributed by atoms with van der Waals surface area (Å²) in [4.78, 5) is 21.7. The Morgan fingerprint density at radius 2 is 1.67 bits per heavy atom. The van der Waals surface area contributed by atoms with E-state index >= 15 is 0 Å². The molecule has 0 aliphatic rings. The van der Waals surface area contributed by atoms with E-state index in [1.807, 2.05) is 0 Å². The summed E-state index contributed by atoms with van der Waals surface area (Å²) >= 11 is 0. The van der Waals surface area contributed by atoms with Crippen molar-refractivity contribution in [3.8, 4) is 5.75 Å². The minimum atomic E-state index is -1.32. The van der Waals surface area contributed by atoms with Gasteiger partial charge < -0.3 is 29.0 Å². The van der Waals surface area contributed by atoms with Gasteiger partial charge in [0.05, 0.1) is 11.9 Å². The number of rotatable bonds is 5. The van der Waals surface area contributed by atoms with Crippen LogP contribution >= 0.6 is 0 Å². The summed E-state index contributed by atoms with van der Waals surface area (Å²) in [6.07, 6.45) is 0. The maximum Gasteiger partial charge on any atom is 0.119 e. The molecule has 21 heavy (non-hydrogen) atoms. The quantitative estimate of drug-likeness (QED) is 0.778. The summed E-state index contributed by atoms with van der Waals surface area (Å²) < 4.78 is 10.7. The molecular formula is C15H12O6-2. The molecule has 0 fully saturated rings. The average Bonchev–Trinajstić information content (AvgIpc) is 2.71. The second-order valence-corrected chi connectivity index (χ2v) is 4.46. The lowest BCUT2D eigenvalue weighted by Gasteiger charge is -2.09. The van der Waals surface area contributed by atoms with Crippen molar-refractivity contribution >= 4 is 11.9 Å². The third-order valence-corrected chi connectivity index (χ3v) is 3.06. The fourth-order valence-electron chi connectivity index (χ4n) is 2.01. The highest BCUT2D eigenvalue weighted by atomic mass is 16.5. The number of carboxylic acids is 2. The van der Waals surface area contributed by atoms with E-state index in [4.69, 9.17) is 9.15 Å². The van der Waals surface area contributed by atoms with Crippen molar-refractivity contribution in [2.75, 3.05) is 0 Å². The standard InChI is InChI=1S/C15H14O6/c1-8-12(13(15(18)19)9(2)21-8)7-20-11-5-3-10(4-6-11)14(16)17/h3-6H,7H2,1-2H3,(H,16,17)(H,18,19)/p-2. The molecule has 0 saturated heterocycles. The van der Waals surface area contributed by atoms with Gasteiger partial charge in [0, 0.05) is 11.1 Å². The van der Waals surface area contributed by atoms with E-state index in [1.165, 1.54) is 31.2 Å². The monoisotopic (exact) mass is 288 g/mol. The summed E-state index contributed by atoms with van der Waals surface area (Å²) in [6, 6.07) is 5.62. The lowest BCUT2D eigenvalue weighted by atomic mass is 10.1. The summed E-state index contributed by atoms with van der Waals surface area (Å²) in [7, 11) is 0. The Labute approximate surface area is 120 Å². The minimum Gasteiger partial charge on any atom is -0.545 e. The summed E-state index contributed by atoms with van der Waals surface area (Å²) in [5, 5.41) is 21.7. The highest BCUT2D eigenvalue weighted by Crippen LogP contribution is 2.23. The van der Waals surface area contributed by atoms with E-state index in [-0.39, 0.29) is 23.5 Å². The Morgan fingerprint density at radius 3 is 2.19 bits per heavy atom. The number of carboxylic acid groups (broad SMARTS) is 2. The molecule has 0 spiro atoms. The molecule has 0 saturated carbocycles. The van der Waals surface area contributed by atoms with Crippen LogP contribution in [0.25, 0.3) is 0 Å². The molecule has 0 N–H and O–H groups in total. The number of hydrogen-bond donors (Lipinski definition) is 0. The van der Waals surface area contributed by atoms with E-state index in [1.54, 1.807) is 6.92 Å². The zero-order chi connectivity index (χ0) is 15.6. The largest absolute Gasteiger partial charge is 0.545 e. The molecule has 2 aromatic rings.